The van der Waals surface area contributed by atoms with Gasteiger partial charge in [0.05, 0.1) is 46.0 Å². The number of carboxylic acid groups (broad SMARTS) is 2. The van der Waals surface area contributed by atoms with E-state index >= 15 is 0 Å². The number of aryl methyl sites for hydroxylation is 4. The standard InChI is InChI=1S/C77H69N5O5S10/c1-7-11-13-15-19-54-70(96-66(80-54)35-48(41-78)76(83)84)60-39-64-74(94-60)72-62(88-64)37-58(92-72)56-33-46(17-9-3)68(90-56)44-21-25-50(26-22-44)82(52-29-31-53(32-30-52)87-43(5)6)51-27-23-45(24-28-51)69-47(18-10-4)34-57(91-69)59-38-63-73(93-59)75-65(89-63)40-61(95-75)71-55(20-16-14-12-8-2)81-67(97-71)36-49(42-79)77(85)86/h21-40,43H,7-20H2,1-6H3,(H,83,84)(H,85,86)/b48-35+,49-36+. The van der Waals surface area contributed by atoms with E-state index in [9.17, 15) is 30.3 Å². The van der Waals surface area contributed by atoms with Crippen LogP contribution in [-0.2, 0) is 35.3 Å². The summed E-state index contributed by atoms with van der Waals surface area (Å²) in [6.07, 6.45) is 17.3. The first-order valence-electron chi connectivity index (χ1n) is 32.9. The van der Waals surface area contributed by atoms with Crippen molar-refractivity contribution < 1.29 is 24.5 Å². The van der Waals surface area contributed by atoms with Crippen LogP contribution in [0.2, 0.25) is 0 Å². The SMILES string of the molecule is CCCCCCc1nc(/C=C(\C#N)C(=O)O)sc1-c1cc2sc3cc(-c4cc(CCC)c(-c5ccc(N(c6ccc(OC(C)C)cc6)c6ccc(-c7sc(-c8cc9sc%10cc(-c%11sc(/C=C(\C#N)C(=O)O)nc%11CCCCCC)sc%10c9s8)cc7CCC)cc6)cc5)s4)sc3c2s1. The fourth-order valence-corrected chi connectivity index (χ4v) is 25.1. The number of thiophene rings is 8. The van der Waals surface area contributed by atoms with Gasteiger partial charge in [-0.1, -0.05) is 103 Å². The smallest absolute Gasteiger partial charge is 0.346 e. The van der Waals surface area contributed by atoms with Crippen molar-refractivity contribution >= 4 is 192 Å². The van der Waals surface area contributed by atoms with Crippen molar-refractivity contribution in [1.82, 2.24) is 9.97 Å². The summed E-state index contributed by atoms with van der Waals surface area (Å²) in [6.45, 7) is 13.0. The normalized spacial score (nSPS) is 12.1. The number of unbranched alkanes of at least 4 members (excludes halogenated alkanes) is 6. The van der Waals surface area contributed by atoms with Crippen LogP contribution in [0.15, 0.2) is 120 Å². The van der Waals surface area contributed by atoms with Gasteiger partial charge >= 0.3 is 11.9 Å². The molecule has 0 unspecified atom stereocenters. The Morgan fingerprint density at radius 2 is 0.825 bits per heavy atom. The molecule has 0 radical (unpaired) electrons. The number of nitriles is 2. The Kier molecular flexibility index (Phi) is 21.3. The highest BCUT2D eigenvalue weighted by molar-refractivity contribution is 7.42. The molecule has 10 nitrogen and oxygen atoms in total. The van der Waals surface area contributed by atoms with E-state index < -0.39 is 11.9 Å². The van der Waals surface area contributed by atoms with Crippen molar-refractivity contribution in [1.29, 1.82) is 10.5 Å². The maximum atomic E-state index is 11.8. The van der Waals surface area contributed by atoms with Crippen LogP contribution in [0.4, 0.5) is 17.1 Å². The number of carbonyl (C=O) groups is 2. The highest BCUT2D eigenvalue weighted by Gasteiger charge is 2.25. The van der Waals surface area contributed by atoms with E-state index in [1.165, 1.54) is 124 Å². The van der Waals surface area contributed by atoms with Gasteiger partial charge in [-0.3, -0.25) is 0 Å². The largest absolute Gasteiger partial charge is 0.491 e. The number of hydrogen-bond acceptors (Lipinski definition) is 18. The first-order chi connectivity index (χ1) is 47.2. The highest BCUT2D eigenvalue weighted by Crippen LogP contribution is 2.54. The van der Waals surface area contributed by atoms with Crippen LogP contribution in [-0.4, -0.2) is 38.2 Å². The first-order valence-corrected chi connectivity index (χ1v) is 41.0. The monoisotopic (exact) mass is 1460 g/mol. The number of aliphatic carboxylic acids is 2. The van der Waals surface area contributed by atoms with Gasteiger partial charge in [-0.2, -0.15) is 10.5 Å². The van der Waals surface area contributed by atoms with Crippen LogP contribution in [0, 0.1) is 22.7 Å². The first kappa shape index (κ1) is 68.1. The van der Waals surface area contributed by atoms with Crippen LogP contribution in [0.1, 0.15) is 138 Å². The molecule has 0 aliphatic heterocycles. The van der Waals surface area contributed by atoms with Crippen molar-refractivity contribution in [3.63, 3.8) is 0 Å². The molecule has 3 aromatic carbocycles. The van der Waals surface area contributed by atoms with Gasteiger partial charge in [0, 0.05) is 74.9 Å². The number of aromatic nitrogens is 2. The van der Waals surface area contributed by atoms with Crippen LogP contribution >= 0.6 is 113 Å². The molecular weight excluding hydrogens is 1400 g/mol. The minimum absolute atomic E-state index is 0.0558. The van der Waals surface area contributed by atoms with Crippen molar-refractivity contribution in [2.45, 2.75) is 138 Å². The maximum absolute atomic E-state index is 11.8. The second kappa shape index (κ2) is 30.4. The van der Waals surface area contributed by atoms with Crippen LogP contribution in [0.25, 0.3) is 110 Å². The summed E-state index contributed by atoms with van der Waals surface area (Å²) in [7, 11) is 0. The minimum atomic E-state index is -1.24. The van der Waals surface area contributed by atoms with Crippen LogP contribution in [0.5, 0.6) is 5.75 Å². The Bertz CT molecular complexity index is 4870. The third-order valence-electron chi connectivity index (χ3n) is 16.7. The number of ether oxygens (including phenoxy) is 1. The quantitative estimate of drug-likeness (QED) is 0.0262. The Labute approximate surface area is 604 Å². The number of benzene rings is 3. The average molecular weight is 1470 g/mol. The molecular formula is C77H69N5O5S10. The van der Waals surface area contributed by atoms with E-state index in [1.807, 2.05) is 80.2 Å². The lowest BCUT2D eigenvalue weighted by molar-refractivity contribution is -0.133. The summed E-state index contributed by atoms with van der Waals surface area (Å²) < 4.78 is 16.3. The Hall–Kier alpha value is -7.44. The average Bonchev–Trinajstić information content (AvgIpc) is 1.60. The molecule has 492 valence electrons. The lowest BCUT2D eigenvalue weighted by Gasteiger charge is -2.26. The van der Waals surface area contributed by atoms with Gasteiger partial charge in [-0.05, 0) is 172 Å². The van der Waals surface area contributed by atoms with Crippen molar-refractivity contribution in [2.24, 2.45) is 0 Å². The molecule has 10 heterocycles. The molecule has 0 saturated heterocycles. The summed E-state index contributed by atoms with van der Waals surface area (Å²) >= 11 is 17.7. The number of carboxylic acids is 2. The minimum Gasteiger partial charge on any atom is -0.491 e. The van der Waals surface area contributed by atoms with E-state index in [0.29, 0.717) is 10.0 Å². The zero-order valence-electron chi connectivity index (χ0n) is 54.5. The molecule has 0 amide bonds. The number of thiazole rings is 2. The second-order valence-corrected chi connectivity index (χ2v) is 34.7. The molecule has 97 heavy (non-hydrogen) atoms. The van der Waals surface area contributed by atoms with Crippen molar-refractivity contribution in [2.75, 3.05) is 4.90 Å². The summed E-state index contributed by atoms with van der Waals surface area (Å²) in [6, 6.07) is 44.4. The molecule has 0 atom stereocenters. The van der Waals surface area contributed by atoms with E-state index in [1.54, 1.807) is 22.7 Å². The molecule has 0 aliphatic carbocycles. The van der Waals surface area contributed by atoms with E-state index in [4.69, 9.17) is 14.7 Å². The summed E-state index contributed by atoms with van der Waals surface area (Å²) in [4.78, 5) is 47.8. The molecule has 0 spiro atoms. The summed E-state index contributed by atoms with van der Waals surface area (Å²) in [5.74, 6) is -1.65. The number of nitrogens with zero attached hydrogens (tertiary/aromatic N) is 5. The van der Waals surface area contributed by atoms with Crippen LogP contribution < -0.4 is 9.64 Å². The molecule has 0 aliphatic rings. The van der Waals surface area contributed by atoms with Gasteiger partial charge in [0.15, 0.2) is 0 Å². The molecule has 13 rings (SSSR count). The molecule has 0 bridgehead atoms. The van der Waals surface area contributed by atoms with E-state index in [2.05, 4.69) is 156 Å². The fraction of sp³-hybridized carbons (Fsp3) is 0.273. The highest BCUT2D eigenvalue weighted by atomic mass is 32.1. The lowest BCUT2D eigenvalue weighted by Crippen LogP contribution is -2.10. The van der Waals surface area contributed by atoms with Gasteiger partial charge in [0.2, 0.25) is 0 Å². The molecule has 0 saturated carbocycles. The van der Waals surface area contributed by atoms with Gasteiger partial charge < -0.3 is 19.8 Å². The fourth-order valence-electron chi connectivity index (χ4n) is 12.1. The molecule has 20 heteroatoms. The number of hydrogen-bond donors (Lipinski definition) is 2. The van der Waals surface area contributed by atoms with E-state index in [-0.39, 0.29) is 17.3 Å². The number of rotatable bonds is 29. The Balaban J connectivity index is 0.778. The zero-order valence-corrected chi connectivity index (χ0v) is 62.6. The predicted octanol–water partition coefficient (Wildman–Crippen LogP) is 26.1. The second-order valence-electron chi connectivity index (χ2n) is 24.2. The lowest BCUT2D eigenvalue weighted by atomic mass is 10.0. The van der Waals surface area contributed by atoms with Gasteiger partial charge in [0.1, 0.15) is 39.0 Å². The summed E-state index contributed by atoms with van der Waals surface area (Å²) in [5.41, 5.74) is 9.58. The number of anilines is 3. The van der Waals surface area contributed by atoms with E-state index in [0.717, 1.165) is 144 Å². The third-order valence-corrected chi connectivity index (χ3v) is 29.5. The van der Waals surface area contributed by atoms with Gasteiger partial charge in [-0.15, -0.1) is 113 Å². The Morgan fingerprint density at radius 1 is 0.454 bits per heavy atom. The molecule has 0 fully saturated rings. The van der Waals surface area contributed by atoms with Crippen molar-refractivity contribution in [3.05, 3.63) is 153 Å². The molecule has 13 aromatic rings. The van der Waals surface area contributed by atoms with Gasteiger partial charge in [0.25, 0.3) is 0 Å². The molecule has 10 aromatic heterocycles. The Morgan fingerprint density at radius 3 is 1.19 bits per heavy atom. The zero-order chi connectivity index (χ0) is 67.4. The summed E-state index contributed by atoms with van der Waals surface area (Å²) in [5, 5.41) is 39.4. The topological polar surface area (TPSA) is 160 Å². The maximum Gasteiger partial charge on any atom is 0.346 e. The molecule has 2 N–H and O–H groups in total. The van der Waals surface area contributed by atoms with Gasteiger partial charge in [-0.25, -0.2) is 19.6 Å². The van der Waals surface area contributed by atoms with Crippen molar-refractivity contribution in [3.8, 4) is 77.8 Å². The van der Waals surface area contributed by atoms with Crippen LogP contribution in [0.3, 0.4) is 0 Å². The third kappa shape index (κ3) is 14.7. The predicted molar refractivity (Wildman–Crippen MR) is 420 cm³/mol. The number of fused-ring (bicyclic) bond motifs is 6.